The van der Waals surface area contributed by atoms with Crippen molar-refractivity contribution in [3.8, 4) is 0 Å². The van der Waals surface area contributed by atoms with E-state index in [9.17, 15) is 24.3 Å². The molecule has 39 heavy (non-hydrogen) atoms. The number of benzene rings is 1. The lowest BCUT2D eigenvalue weighted by atomic mass is 9.85. The zero-order valence-electron chi connectivity index (χ0n) is 23.4. The van der Waals surface area contributed by atoms with Gasteiger partial charge in [-0.2, -0.15) is 0 Å². The van der Waals surface area contributed by atoms with Crippen molar-refractivity contribution in [3.63, 3.8) is 0 Å². The molecule has 2 N–H and O–H groups in total. The number of amides is 3. The Morgan fingerprint density at radius 2 is 1.90 bits per heavy atom. The summed E-state index contributed by atoms with van der Waals surface area (Å²) in [6.45, 7) is 10.3. The Morgan fingerprint density at radius 1 is 1.15 bits per heavy atom. The van der Waals surface area contributed by atoms with Gasteiger partial charge in [0.1, 0.15) is 18.2 Å². The lowest BCUT2D eigenvalue weighted by molar-refractivity contribution is -0.150. The number of carbonyl (C=O) groups is 4. The van der Waals surface area contributed by atoms with Crippen LogP contribution in [0.3, 0.4) is 0 Å². The van der Waals surface area contributed by atoms with Crippen LogP contribution in [0.25, 0.3) is 6.08 Å². The van der Waals surface area contributed by atoms with Crippen molar-refractivity contribution in [3.05, 3.63) is 41.0 Å². The molecule has 0 aliphatic carbocycles. The maximum absolute atomic E-state index is 13.7. The average Bonchev–Trinajstić information content (AvgIpc) is 3.47. The van der Waals surface area contributed by atoms with E-state index < -0.39 is 47.7 Å². The number of nitrogens with zero attached hydrogens (tertiary/aromatic N) is 2. The first-order chi connectivity index (χ1) is 18.2. The first-order valence-electron chi connectivity index (χ1n) is 13.4. The largest absolute Gasteiger partial charge is 0.480 e. The van der Waals surface area contributed by atoms with Gasteiger partial charge in [0.15, 0.2) is 0 Å². The van der Waals surface area contributed by atoms with Crippen LogP contribution in [0.15, 0.2) is 24.3 Å². The lowest BCUT2D eigenvalue weighted by Crippen LogP contribution is -2.57. The second-order valence-electron chi connectivity index (χ2n) is 12.6. The predicted molar refractivity (Wildman–Crippen MR) is 143 cm³/mol. The maximum Gasteiger partial charge on any atom is 0.410 e. The molecule has 0 aromatic heterocycles. The lowest BCUT2D eigenvalue weighted by Gasteiger charge is -2.34. The summed E-state index contributed by atoms with van der Waals surface area (Å²) in [5, 5.41) is 12.6. The molecule has 3 amide bonds. The van der Waals surface area contributed by atoms with Gasteiger partial charge in [0.2, 0.25) is 5.91 Å². The molecule has 1 fully saturated rings. The van der Waals surface area contributed by atoms with Crippen LogP contribution in [0.5, 0.6) is 0 Å². The topological polar surface area (TPSA) is 125 Å². The van der Waals surface area contributed by atoms with Gasteiger partial charge in [-0.1, -0.05) is 65.0 Å². The van der Waals surface area contributed by atoms with Crippen molar-refractivity contribution in [2.45, 2.75) is 85.2 Å². The Bertz CT molecular complexity index is 1170. The number of nitrogens with one attached hydrogen (secondary N) is 1. The second kappa shape index (κ2) is 10.9. The van der Waals surface area contributed by atoms with Gasteiger partial charge in [-0.15, -0.1) is 0 Å². The zero-order valence-corrected chi connectivity index (χ0v) is 23.4. The Hall–Kier alpha value is -3.56. The molecule has 3 aliphatic heterocycles. The summed E-state index contributed by atoms with van der Waals surface area (Å²) < 4.78 is 11.2. The van der Waals surface area contributed by atoms with Gasteiger partial charge < -0.3 is 24.8 Å². The first kappa shape index (κ1) is 28.4. The number of alkyl carbamates (subject to hydrolysis) is 1. The number of fused-ring (bicyclic) bond motifs is 3. The molecule has 1 aromatic rings. The van der Waals surface area contributed by atoms with Crippen LogP contribution in [0, 0.1) is 10.8 Å². The van der Waals surface area contributed by atoms with Crippen LogP contribution in [0.2, 0.25) is 0 Å². The highest BCUT2D eigenvalue weighted by molar-refractivity contribution is 5.90. The molecule has 0 radical (unpaired) electrons. The van der Waals surface area contributed by atoms with E-state index in [2.05, 4.69) is 17.5 Å². The van der Waals surface area contributed by atoms with Crippen LogP contribution in [-0.4, -0.2) is 70.3 Å². The number of allylic oxidation sites excluding steroid dienone is 1. The standard InChI is InChI=1S/C29H39N3O7/c1-28(2,3)23-24(33)32-15-20(13-22(32)25(34)35)39-27(37)31-14-19-11-8-10-18(21(19)16-31)9-6-7-12-29(4,5)17-38-26(36)30-23/h6,8-11,20,22-23H,7,12-17H2,1-5H3,(H,30,36)(H,34,35)/b9-6-/t20-,22+,23-/m1/s1. The van der Waals surface area contributed by atoms with Gasteiger partial charge in [0.05, 0.1) is 19.7 Å². The van der Waals surface area contributed by atoms with Crippen LogP contribution >= 0.6 is 0 Å². The fourth-order valence-electron chi connectivity index (χ4n) is 5.30. The first-order valence-corrected chi connectivity index (χ1v) is 13.4. The van der Waals surface area contributed by atoms with Crippen molar-refractivity contribution in [1.29, 1.82) is 0 Å². The minimum atomic E-state index is -1.19. The molecule has 4 rings (SSSR count). The van der Waals surface area contributed by atoms with Crippen molar-refractivity contribution in [2.75, 3.05) is 13.2 Å². The molecule has 10 heteroatoms. The molecule has 212 valence electrons. The highest BCUT2D eigenvalue weighted by Crippen LogP contribution is 2.31. The summed E-state index contributed by atoms with van der Waals surface area (Å²) in [4.78, 5) is 54.5. The van der Waals surface area contributed by atoms with Crippen LogP contribution in [-0.2, 0) is 32.2 Å². The molecular formula is C29H39N3O7. The van der Waals surface area contributed by atoms with E-state index in [1.807, 2.05) is 32.0 Å². The molecular weight excluding hydrogens is 502 g/mol. The highest BCUT2D eigenvalue weighted by Gasteiger charge is 2.46. The van der Waals surface area contributed by atoms with Crippen molar-refractivity contribution >= 4 is 30.1 Å². The molecule has 3 heterocycles. The highest BCUT2D eigenvalue weighted by atomic mass is 16.6. The Balaban J connectivity index is 1.63. The van der Waals surface area contributed by atoms with E-state index in [-0.39, 0.29) is 25.0 Å². The Morgan fingerprint density at radius 3 is 2.59 bits per heavy atom. The smallest absolute Gasteiger partial charge is 0.410 e. The monoisotopic (exact) mass is 541 g/mol. The molecule has 0 unspecified atom stereocenters. The predicted octanol–water partition coefficient (Wildman–Crippen LogP) is 4.17. The average molecular weight is 542 g/mol. The number of aliphatic carboxylic acids is 1. The van der Waals surface area contributed by atoms with E-state index in [0.29, 0.717) is 13.1 Å². The van der Waals surface area contributed by atoms with E-state index in [0.717, 1.165) is 29.5 Å². The SMILES string of the molecule is CC1(C)CC/C=C\c2cccc3c2CN(C3)C(=O)O[C@@H]2C[C@@H](C(=O)O)N(C2)C(=O)[C@H](C(C)(C)C)NC(=O)OC1. The number of cyclic esters (lactones) is 1. The third-order valence-electron chi connectivity index (χ3n) is 7.63. The zero-order chi connectivity index (χ0) is 28.5. The van der Waals surface area contributed by atoms with E-state index in [4.69, 9.17) is 9.47 Å². The second-order valence-corrected chi connectivity index (χ2v) is 12.6. The summed E-state index contributed by atoms with van der Waals surface area (Å²) in [7, 11) is 0. The molecule has 0 saturated carbocycles. The molecule has 4 bridgehead atoms. The number of hydrogen-bond acceptors (Lipinski definition) is 6. The van der Waals surface area contributed by atoms with E-state index >= 15 is 0 Å². The number of ether oxygens (including phenoxy) is 2. The van der Waals surface area contributed by atoms with E-state index in [1.165, 1.54) is 4.90 Å². The summed E-state index contributed by atoms with van der Waals surface area (Å²) in [6.07, 6.45) is 3.58. The molecule has 10 nitrogen and oxygen atoms in total. The fourth-order valence-corrected chi connectivity index (χ4v) is 5.30. The Labute approximate surface area is 229 Å². The third kappa shape index (κ3) is 6.54. The van der Waals surface area contributed by atoms with Gasteiger partial charge in [-0.05, 0) is 40.4 Å². The molecule has 1 saturated heterocycles. The van der Waals surface area contributed by atoms with Gasteiger partial charge in [-0.25, -0.2) is 14.4 Å². The molecule has 3 atom stereocenters. The number of rotatable bonds is 1. The van der Waals surface area contributed by atoms with Gasteiger partial charge in [0, 0.05) is 13.0 Å². The Kier molecular flexibility index (Phi) is 7.95. The van der Waals surface area contributed by atoms with Crippen LogP contribution < -0.4 is 5.32 Å². The van der Waals surface area contributed by atoms with Gasteiger partial charge in [0.25, 0.3) is 0 Å². The number of carboxylic acid groups (broad SMARTS) is 1. The maximum atomic E-state index is 13.7. The quantitative estimate of drug-likeness (QED) is 0.547. The van der Waals surface area contributed by atoms with Gasteiger partial charge in [-0.3, -0.25) is 9.69 Å². The van der Waals surface area contributed by atoms with Gasteiger partial charge >= 0.3 is 18.2 Å². The van der Waals surface area contributed by atoms with Crippen molar-refractivity contribution in [2.24, 2.45) is 10.8 Å². The molecule has 3 aliphatic rings. The minimum Gasteiger partial charge on any atom is -0.480 e. The number of carbonyl (C=O) groups excluding carboxylic acids is 3. The normalized spacial score (nSPS) is 26.9. The van der Waals surface area contributed by atoms with Crippen LogP contribution in [0.4, 0.5) is 9.59 Å². The molecule has 0 spiro atoms. The number of hydrogen-bond donors (Lipinski definition) is 2. The fraction of sp³-hybridized carbons (Fsp3) is 0.586. The minimum absolute atomic E-state index is 0.0307. The third-order valence-corrected chi connectivity index (χ3v) is 7.63. The summed E-state index contributed by atoms with van der Waals surface area (Å²) >= 11 is 0. The summed E-state index contributed by atoms with van der Waals surface area (Å²) in [5.74, 6) is -1.75. The van der Waals surface area contributed by atoms with Crippen LogP contribution in [0.1, 0.15) is 70.6 Å². The number of carboxylic acids is 1. The van der Waals surface area contributed by atoms with Crippen molar-refractivity contribution in [1.82, 2.24) is 15.1 Å². The molecule has 1 aromatic carbocycles. The van der Waals surface area contributed by atoms with Crippen molar-refractivity contribution < 1.29 is 33.8 Å². The van der Waals surface area contributed by atoms with E-state index in [1.54, 1.807) is 25.7 Å². The summed E-state index contributed by atoms with van der Waals surface area (Å²) in [5.41, 5.74) is 2.09. The summed E-state index contributed by atoms with van der Waals surface area (Å²) in [6, 6.07) is 3.74.